The van der Waals surface area contributed by atoms with Gasteiger partial charge < -0.3 is 28.7 Å². The molecule has 0 bridgehead atoms. The summed E-state index contributed by atoms with van der Waals surface area (Å²) in [4.78, 5) is 18.9. The molecule has 1 spiro atoms. The number of ether oxygens (including phenoxy) is 4. The van der Waals surface area contributed by atoms with Gasteiger partial charge in [0.2, 0.25) is 12.7 Å². The number of piperidine rings is 1. The maximum absolute atomic E-state index is 14.2. The van der Waals surface area contributed by atoms with Gasteiger partial charge in [0.25, 0.3) is 0 Å². The molecule has 1 atom stereocenters. The SMILES string of the molecule is Cl.O=C1N(CC2CCN(C3CCOCC3)CC2)c2ccccc2C12COc1cc3c(cc12)OCO3. The van der Waals surface area contributed by atoms with Crippen LogP contribution in [-0.4, -0.2) is 63.1 Å². The predicted octanol–water partition coefficient (Wildman–Crippen LogP) is 3.75. The lowest BCUT2D eigenvalue weighted by Crippen LogP contribution is -2.47. The summed E-state index contributed by atoms with van der Waals surface area (Å²) >= 11 is 0. The van der Waals surface area contributed by atoms with Crippen molar-refractivity contribution in [3.8, 4) is 17.2 Å². The van der Waals surface area contributed by atoms with Crippen molar-refractivity contribution < 1.29 is 23.7 Å². The normalized spacial score (nSPS) is 25.9. The highest BCUT2D eigenvalue weighted by Gasteiger charge is 2.57. The number of carbonyl (C=O) groups is 1. The summed E-state index contributed by atoms with van der Waals surface area (Å²) in [6.45, 7) is 5.28. The number of nitrogens with zero attached hydrogens (tertiary/aromatic N) is 2. The fourth-order valence-corrected chi connectivity index (χ4v) is 6.56. The van der Waals surface area contributed by atoms with Gasteiger partial charge in [-0.05, 0) is 62.4 Å². The summed E-state index contributed by atoms with van der Waals surface area (Å²) in [5.74, 6) is 2.72. The third-order valence-electron chi connectivity index (χ3n) is 8.44. The molecule has 0 radical (unpaired) electrons. The zero-order valence-electron chi connectivity index (χ0n) is 19.7. The molecular formula is C27H31ClN2O5. The van der Waals surface area contributed by atoms with Crippen LogP contribution in [0, 0.1) is 5.92 Å². The van der Waals surface area contributed by atoms with E-state index >= 15 is 0 Å². The topological polar surface area (TPSA) is 60.5 Å². The third-order valence-corrected chi connectivity index (χ3v) is 8.44. The largest absolute Gasteiger partial charge is 0.491 e. The highest BCUT2D eigenvalue weighted by atomic mass is 35.5. The van der Waals surface area contributed by atoms with Crippen molar-refractivity contribution in [1.82, 2.24) is 4.90 Å². The Labute approximate surface area is 211 Å². The highest BCUT2D eigenvalue weighted by molar-refractivity contribution is 6.11. The first-order valence-corrected chi connectivity index (χ1v) is 12.5. The molecule has 1 amide bonds. The second-order valence-corrected chi connectivity index (χ2v) is 10.2. The van der Waals surface area contributed by atoms with Crippen LogP contribution in [0.25, 0.3) is 0 Å². The number of hydrogen-bond donors (Lipinski definition) is 0. The molecule has 0 N–H and O–H groups in total. The number of benzene rings is 2. The standard InChI is InChI=1S/C27H30N2O5.ClH/c30-26-27(16-32-23-14-25-24(13-21(23)27)33-17-34-25)20-3-1-2-4-22(20)29(26)15-18-5-9-28(10-6-18)19-7-11-31-12-8-19;/h1-4,13-14,18-19H,5-12,15-17H2;1H. The van der Waals surface area contributed by atoms with Gasteiger partial charge in [-0.25, -0.2) is 0 Å². The zero-order valence-corrected chi connectivity index (χ0v) is 20.6. The fraction of sp³-hybridized carbons (Fsp3) is 0.519. The summed E-state index contributed by atoms with van der Waals surface area (Å²) in [7, 11) is 0. The molecule has 0 saturated carbocycles. The molecular weight excluding hydrogens is 468 g/mol. The molecule has 186 valence electrons. The van der Waals surface area contributed by atoms with E-state index < -0.39 is 5.41 Å². The summed E-state index contributed by atoms with van der Waals surface area (Å²) in [6.07, 6.45) is 4.54. The second-order valence-electron chi connectivity index (χ2n) is 10.2. The predicted molar refractivity (Wildman–Crippen MR) is 133 cm³/mol. The van der Waals surface area contributed by atoms with Gasteiger partial charge in [0, 0.05) is 43.1 Å². The van der Waals surface area contributed by atoms with E-state index in [1.165, 1.54) is 0 Å². The van der Waals surface area contributed by atoms with Crippen molar-refractivity contribution in [3.63, 3.8) is 0 Å². The Hall–Kier alpha value is -2.48. The number of rotatable bonds is 3. The van der Waals surface area contributed by atoms with Gasteiger partial charge in [-0.1, -0.05) is 18.2 Å². The van der Waals surface area contributed by atoms with E-state index in [4.69, 9.17) is 18.9 Å². The van der Waals surface area contributed by atoms with Crippen LogP contribution in [0.2, 0.25) is 0 Å². The lowest BCUT2D eigenvalue weighted by molar-refractivity contribution is -0.122. The average Bonchev–Trinajstić information content (AvgIpc) is 3.56. The number of anilines is 1. The smallest absolute Gasteiger partial charge is 0.245 e. The van der Waals surface area contributed by atoms with Gasteiger partial charge in [0.15, 0.2) is 11.5 Å². The Morgan fingerprint density at radius 2 is 1.63 bits per heavy atom. The number of fused-ring (bicyclic) bond motifs is 5. The molecule has 7 nitrogen and oxygen atoms in total. The molecule has 5 heterocycles. The number of halogens is 1. The van der Waals surface area contributed by atoms with E-state index in [1.54, 1.807) is 0 Å². The Morgan fingerprint density at radius 1 is 0.886 bits per heavy atom. The van der Waals surface area contributed by atoms with Crippen LogP contribution < -0.4 is 19.1 Å². The molecule has 8 heteroatoms. The van der Waals surface area contributed by atoms with E-state index in [-0.39, 0.29) is 25.1 Å². The molecule has 35 heavy (non-hydrogen) atoms. The van der Waals surface area contributed by atoms with E-state index in [9.17, 15) is 4.79 Å². The molecule has 2 aromatic carbocycles. The molecule has 0 aliphatic carbocycles. The van der Waals surface area contributed by atoms with Crippen LogP contribution in [0.15, 0.2) is 36.4 Å². The molecule has 5 aliphatic rings. The minimum Gasteiger partial charge on any atom is -0.491 e. The van der Waals surface area contributed by atoms with Crippen LogP contribution in [0.4, 0.5) is 5.69 Å². The summed E-state index contributed by atoms with van der Waals surface area (Å²) in [5, 5.41) is 0. The number of para-hydroxylation sites is 1. The van der Waals surface area contributed by atoms with E-state index in [1.807, 2.05) is 29.2 Å². The lowest BCUT2D eigenvalue weighted by Gasteiger charge is -2.40. The number of hydrogen-bond acceptors (Lipinski definition) is 6. The first kappa shape index (κ1) is 23.0. The second kappa shape index (κ2) is 8.87. The Morgan fingerprint density at radius 3 is 2.43 bits per heavy atom. The molecule has 2 aromatic rings. The first-order valence-electron chi connectivity index (χ1n) is 12.5. The van der Waals surface area contributed by atoms with Crippen molar-refractivity contribution in [2.45, 2.75) is 37.1 Å². The first-order chi connectivity index (χ1) is 16.7. The van der Waals surface area contributed by atoms with Crippen LogP contribution in [0.1, 0.15) is 36.8 Å². The van der Waals surface area contributed by atoms with Gasteiger partial charge in [-0.15, -0.1) is 12.4 Å². The van der Waals surface area contributed by atoms with Gasteiger partial charge in [-0.3, -0.25) is 4.79 Å². The number of likely N-dealkylation sites (tertiary alicyclic amines) is 1. The number of carbonyl (C=O) groups excluding carboxylic acids is 1. The van der Waals surface area contributed by atoms with Crippen LogP contribution in [-0.2, 0) is 14.9 Å². The van der Waals surface area contributed by atoms with Crippen LogP contribution in [0.3, 0.4) is 0 Å². The summed E-state index contributed by atoms with van der Waals surface area (Å²) in [5.41, 5.74) is 2.15. The summed E-state index contributed by atoms with van der Waals surface area (Å²) in [6, 6.07) is 12.7. The van der Waals surface area contributed by atoms with Crippen LogP contribution in [0.5, 0.6) is 17.2 Å². The molecule has 1 unspecified atom stereocenters. The van der Waals surface area contributed by atoms with E-state index in [0.717, 1.165) is 81.1 Å². The minimum atomic E-state index is -0.810. The monoisotopic (exact) mass is 498 g/mol. The van der Waals surface area contributed by atoms with Crippen molar-refractivity contribution in [3.05, 3.63) is 47.5 Å². The number of amides is 1. The van der Waals surface area contributed by atoms with Gasteiger partial charge >= 0.3 is 0 Å². The van der Waals surface area contributed by atoms with Gasteiger partial charge in [-0.2, -0.15) is 0 Å². The van der Waals surface area contributed by atoms with Crippen molar-refractivity contribution in [2.24, 2.45) is 5.92 Å². The zero-order chi connectivity index (χ0) is 22.7. The fourth-order valence-electron chi connectivity index (χ4n) is 6.56. The minimum absolute atomic E-state index is 0. The molecule has 2 fully saturated rings. The molecule has 5 aliphatic heterocycles. The maximum Gasteiger partial charge on any atom is 0.245 e. The Bertz CT molecular complexity index is 1130. The molecule has 2 saturated heterocycles. The highest BCUT2D eigenvalue weighted by Crippen LogP contribution is 2.55. The third kappa shape index (κ3) is 3.51. The van der Waals surface area contributed by atoms with E-state index in [0.29, 0.717) is 30.1 Å². The Kier molecular flexibility index (Phi) is 5.82. The maximum atomic E-state index is 14.2. The molecule has 7 rings (SSSR count). The van der Waals surface area contributed by atoms with Gasteiger partial charge in [0.05, 0.1) is 0 Å². The Balaban J connectivity index is 0.00000229. The van der Waals surface area contributed by atoms with E-state index in [2.05, 4.69) is 17.0 Å². The summed E-state index contributed by atoms with van der Waals surface area (Å²) < 4.78 is 22.8. The van der Waals surface area contributed by atoms with Gasteiger partial charge in [0.1, 0.15) is 17.8 Å². The quantitative estimate of drug-likeness (QED) is 0.642. The van der Waals surface area contributed by atoms with Crippen molar-refractivity contribution >= 4 is 24.0 Å². The van der Waals surface area contributed by atoms with Crippen molar-refractivity contribution in [1.29, 1.82) is 0 Å². The van der Waals surface area contributed by atoms with Crippen molar-refractivity contribution in [2.75, 3.05) is 51.1 Å². The molecule has 0 aromatic heterocycles. The van der Waals surface area contributed by atoms with Crippen LogP contribution >= 0.6 is 12.4 Å². The average molecular weight is 499 g/mol. The lowest BCUT2D eigenvalue weighted by atomic mass is 9.77.